The lowest BCUT2D eigenvalue weighted by Gasteiger charge is -2.32. The lowest BCUT2D eigenvalue weighted by Crippen LogP contribution is -2.48. The van der Waals surface area contributed by atoms with E-state index in [9.17, 15) is 9.59 Å². The van der Waals surface area contributed by atoms with Crippen molar-refractivity contribution in [3.05, 3.63) is 18.0 Å². The van der Waals surface area contributed by atoms with E-state index in [2.05, 4.69) is 15.3 Å². The lowest BCUT2D eigenvalue weighted by molar-refractivity contribution is -0.119. The highest BCUT2D eigenvalue weighted by molar-refractivity contribution is 5.93. The summed E-state index contributed by atoms with van der Waals surface area (Å²) in [6.07, 6.45) is 6.26. The van der Waals surface area contributed by atoms with Gasteiger partial charge in [-0.15, -0.1) is 0 Å². The van der Waals surface area contributed by atoms with Gasteiger partial charge >= 0.3 is 0 Å². The van der Waals surface area contributed by atoms with Crippen LogP contribution in [0.25, 0.3) is 0 Å². The first-order chi connectivity index (χ1) is 9.76. The lowest BCUT2D eigenvalue weighted by atomic mass is 10.2. The van der Waals surface area contributed by atoms with Gasteiger partial charge in [-0.1, -0.05) is 0 Å². The summed E-state index contributed by atoms with van der Waals surface area (Å²) in [6.45, 7) is 2.27. The molecule has 1 saturated heterocycles. The quantitative estimate of drug-likeness (QED) is 0.780. The zero-order valence-electron chi connectivity index (χ0n) is 11.2. The Bertz CT molecular complexity index is 492. The molecule has 0 bridgehead atoms. The molecule has 0 radical (unpaired) electrons. The first-order valence-corrected chi connectivity index (χ1v) is 6.83. The van der Waals surface area contributed by atoms with Crippen LogP contribution < -0.4 is 5.32 Å². The van der Waals surface area contributed by atoms with E-state index in [4.69, 9.17) is 0 Å². The van der Waals surface area contributed by atoms with E-state index in [1.54, 1.807) is 22.2 Å². The van der Waals surface area contributed by atoms with Crippen LogP contribution in [0.15, 0.2) is 12.4 Å². The van der Waals surface area contributed by atoms with Crippen molar-refractivity contribution in [3.63, 3.8) is 0 Å². The molecule has 106 valence electrons. The van der Waals surface area contributed by atoms with Gasteiger partial charge in [0.2, 0.25) is 12.4 Å². The summed E-state index contributed by atoms with van der Waals surface area (Å²) in [5, 5.41) is 3.18. The number of nitrogens with one attached hydrogen (secondary N) is 1. The standard InChI is InChI=1S/C13H17N5O2/c19-9-17-3-5-18(6-4-17)12(20)10-7-14-13(15-8-10)16-11-1-2-11/h7-9,11H,1-6H2,(H,14,15,16). The monoisotopic (exact) mass is 275 g/mol. The summed E-state index contributed by atoms with van der Waals surface area (Å²) in [4.78, 5) is 34.6. The third kappa shape index (κ3) is 2.87. The van der Waals surface area contributed by atoms with E-state index in [1.807, 2.05) is 0 Å². The fraction of sp³-hybridized carbons (Fsp3) is 0.538. The van der Waals surface area contributed by atoms with Gasteiger partial charge in [0.05, 0.1) is 5.56 Å². The van der Waals surface area contributed by atoms with Crippen LogP contribution in [0.3, 0.4) is 0 Å². The van der Waals surface area contributed by atoms with Gasteiger partial charge in [-0.3, -0.25) is 9.59 Å². The highest BCUT2D eigenvalue weighted by Crippen LogP contribution is 2.22. The Morgan fingerprint density at radius 2 is 1.85 bits per heavy atom. The Kier molecular flexibility index (Phi) is 3.49. The molecule has 1 aliphatic heterocycles. The van der Waals surface area contributed by atoms with E-state index in [1.165, 1.54) is 0 Å². The average molecular weight is 275 g/mol. The maximum Gasteiger partial charge on any atom is 0.257 e. The SMILES string of the molecule is O=CN1CCN(C(=O)c2cnc(NC3CC3)nc2)CC1. The van der Waals surface area contributed by atoms with E-state index in [0.717, 1.165) is 19.3 Å². The number of carbonyl (C=O) groups is 2. The van der Waals surface area contributed by atoms with Gasteiger partial charge in [-0.05, 0) is 12.8 Å². The second kappa shape index (κ2) is 5.44. The number of rotatable bonds is 4. The minimum absolute atomic E-state index is 0.0754. The highest BCUT2D eigenvalue weighted by Gasteiger charge is 2.23. The molecule has 20 heavy (non-hydrogen) atoms. The van der Waals surface area contributed by atoms with Crippen molar-refractivity contribution in [2.24, 2.45) is 0 Å². The number of carbonyl (C=O) groups excluding carboxylic acids is 2. The molecule has 0 unspecified atom stereocenters. The minimum Gasteiger partial charge on any atom is -0.351 e. The second-order valence-electron chi connectivity index (χ2n) is 5.15. The van der Waals surface area contributed by atoms with E-state index in [0.29, 0.717) is 43.7 Å². The van der Waals surface area contributed by atoms with Crippen LogP contribution in [0.1, 0.15) is 23.2 Å². The molecule has 2 fully saturated rings. The van der Waals surface area contributed by atoms with Gasteiger partial charge in [0.1, 0.15) is 0 Å². The molecule has 1 N–H and O–H groups in total. The van der Waals surface area contributed by atoms with Crippen molar-refractivity contribution < 1.29 is 9.59 Å². The summed E-state index contributed by atoms with van der Waals surface area (Å²) in [5.41, 5.74) is 0.492. The Hall–Kier alpha value is -2.18. The fourth-order valence-corrected chi connectivity index (χ4v) is 2.14. The summed E-state index contributed by atoms with van der Waals surface area (Å²) >= 11 is 0. The topological polar surface area (TPSA) is 78.4 Å². The van der Waals surface area contributed by atoms with Crippen molar-refractivity contribution in [1.29, 1.82) is 0 Å². The van der Waals surface area contributed by atoms with Crippen molar-refractivity contribution in [2.75, 3.05) is 31.5 Å². The number of aromatic nitrogens is 2. The summed E-state index contributed by atoms with van der Waals surface area (Å²) in [6, 6.07) is 0.493. The number of hydrogen-bond acceptors (Lipinski definition) is 5. The van der Waals surface area contributed by atoms with Gasteiger partial charge in [-0.25, -0.2) is 9.97 Å². The normalized spacial score (nSPS) is 18.8. The van der Waals surface area contributed by atoms with Crippen LogP contribution in [0.5, 0.6) is 0 Å². The van der Waals surface area contributed by atoms with Crippen molar-refractivity contribution in [2.45, 2.75) is 18.9 Å². The van der Waals surface area contributed by atoms with Crippen molar-refractivity contribution in [3.8, 4) is 0 Å². The Labute approximate surface area is 117 Å². The molecule has 7 heteroatoms. The van der Waals surface area contributed by atoms with Gasteiger partial charge in [0.15, 0.2) is 0 Å². The fourth-order valence-electron chi connectivity index (χ4n) is 2.14. The Morgan fingerprint density at radius 3 is 2.40 bits per heavy atom. The van der Waals surface area contributed by atoms with E-state index in [-0.39, 0.29) is 5.91 Å². The van der Waals surface area contributed by atoms with Crippen LogP contribution >= 0.6 is 0 Å². The van der Waals surface area contributed by atoms with E-state index >= 15 is 0 Å². The first-order valence-electron chi connectivity index (χ1n) is 6.83. The maximum absolute atomic E-state index is 12.3. The van der Waals surface area contributed by atoms with Crippen LogP contribution in [0.4, 0.5) is 5.95 Å². The molecule has 0 spiro atoms. The predicted molar refractivity (Wildman–Crippen MR) is 72.2 cm³/mol. The minimum atomic E-state index is -0.0754. The molecule has 0 atom stereocenters. The number of nitrogens with zero attached hydrogens (tertiary/aromatic N) is 4. The summed E-state index contributed by atoms with van der Waals surface area (Å²) in [7, 11) is 0. The number of amides is 2. The zero-order valence-corrected chi connectivity index (χ0v) is 11.2. The van der Waals surface area contributed by atoms with Gasteiger partial charge < -0.3 is 15.1 Å². The molecule has 1 aromatic rings. The summed E-state index contributed by atoms with van der Waals surface area (Å²) in [5.74, 6) is 0.503. The second-order valence-corrected chi connectivity index (χ2v) is 5.15. The number of hydrogen-bond donors (Lipinski definition) is 1. The highest BCUT2D eigenvalue weighted by atomic mass is 16.2. The molecule has 1 aromatic heterocycles. The third-order valence-corrected chi connectivity index (χ3v) is 3.56. The van der Waals surface area contributed by atoms with E-state index < -0.39 is 0 Å². The third-order valence-electron chi connectivity index (χ3n) is 3.56. The molecule has 3 rings (SSSR count). The number of piperazine rings is 1. The molecular formula is C13H17N5O2. The van der Waals surface area contributed by atoms with Crippen LogP contribution in [-0.4, -0.2) is 64.3 Å². The van der Waals surface area contributed by atoms with Gasteiger partial charge in [0.25, 0.3) is 5.91 Å². The summed E-state index contributed by atoms with van der Waals surface area (Å²) < 4.78 is 0. The Balaban J connectivity index is 1.60. The molecule has 2 amide bonds. The average Bonchev–Trinajstić information content (AvgIpc) is 3.31. The first kappa shape index (κ1) is 12.8. The van der Waals surface area contributed by atoms with Crippen molar-refractivity contribution >= 4 is 18.3 Å². The molecule has 2 heterocycles. The molecule has 1 saturated carbocycles. The molecular weight excluding hydrogens is 258 g/mol. The predicted octanol–water partition coefficient (Wildman–Crippen LogP) is -0.0349. The van der Waals surface area contributed by atoms with Crippen LogP contribution in [0.2, 0.25) is 0 Å². The number of anilines is 1. The Morgan fingerprint density at radius 1 is 1.20 bits per heavy atom. The van der Waals surface area contributed by atoms with Crippen LogP contribution in [-0.2, 0) is 4.79 Å². The smallest absolute Gasteiger partial charge is 0.257 e. The molecule has 1 aliphatic carbocycles. The molecule has 0 aromatic carbocycles. The maximum atomic E-state index is 12.3. The van der Waals surface area contributed by atoms with Gasteiger partial charge in [-0.2, -0.15) is 0 Å². The molecule has 2 aliphatic rings. The van der Waals surface area contributed by atoms with Crippen LogP contribution in [0, 0.1) is 0 Å². The van der Waals surface area contributed by atoms with Gasteiger partial charge in [0, 0.05) is 44.6 Å². The largest absolute Gasteiger partial charge is 0.351 e. The molecule has 7 nitrogen and oxygen atoms in total. The van der Waals surface area contributed by atoms with Crippen molar-refractivity contribution in [1.82, 2.24) is 19.8 Å². The zero-order chi connectivity index (χ0) is 13.9.